The molecule has 0 spiro atoms. The van der Waals surface area contributed by atoms with Gasteiger partial charge in [-0.1, -0.05) is 95.6 Å². The van der Waals surface area contributed by atoms with Crippen molar-refractivity contribution in [3.8, 4) is 0 Å². The highest BCUT2D eigenvalue weighted by atomic mass is 32.2. The Bertz CT molecular complexity index is 1030. The molecule has 2 N–H and O–H groups in total. The standard InChI is InChI=1S/C36H59NS2/c1-32(2,3)25-20-26(33(4,5)6)22-27(21-25)38-36(13,14)39-28-23-30(34(7,8)9)29(18-16-15-17-19-37)31(24-28)35(10,11)12/h20-24H,15-19,37H2,1-14H3. The van der Waals surface area contributed by atoms with Crippen molar-refractivity contribution < 1.29 is 0 Å². The fourth-order valence-electron chi connectivity index (χ4n) is 5.05. The van der Waals surface area contributed by atoms with Crippen molar-refractivity contribution in [2.24, 2.45) is 5.73 Å². The van der Waals surface area contributed by atoms with Gasteiger partial charge in [0.25, 0.3) is 0 Å². The molecule has 220 valence electrons. The van der Waals surface area contributed by atoms with Gasteiger partial charge in [0.1, 0.15) is 0 Å². The topological polar surface area (TPSA) is 26.0 Å². The summed E-state index contributed by atoms with van der Waals surface area (Å²) in [6.07, 6.45) is 4.66. The largest absolute Gasteiger partial charge is 0.330 e. The van der Waals surface area contributed by atoms with Crippen molar-refractivity contribution in [1.82, 2.24) is 0 Å². The minimum atomic E-state index is -0.0153. The van der Waals surface area contributed by atoms with E-state index in [1.165, 1.54) is 44.9 Å². The first-order chi connectivity index (χ1) is 17.5. The molecule has 0 heterocycles. The minimum absolute atomic E-state index is 0.0153. The van der Waals surface area contributed by atoms with Gasteiger partial charge in [-0.05, 0) is 113 Å². The Morgan fingerprint density at radius 3 is 1.28 bits per heavy atom. The van der Waals surface area contributed by atoms with E-state index in [1.807, 2.05) is 23.5 Å². The van der Waals surface area contributed by atoms with E-state index in [0.717, 1.165) is 19.4 Å². The molecule has 3 heteroatoms. The number of unbranched alkanes of at least 4 members (excludes halogenated alkanes) is 2. The molecular weight excluding hydrogens is 511 g/mol. The van der Waals surface area contributed by atoms with Gasteiger partial charge in [0.05, 0.1) is 4.08 Å². The summed E-state index contributed by atoms with van der Waals surface area (Å²) in [5.41, 5.74) is 13.7. The maximum absolute atomic E-state index is 5.79. The summed E-state index contributed by atoms with van der Waals surface area (Å²) in [6.45, 7) is 33.7. The first-order valence-electron chi connectivity index (χ1n) is 15.0. The van der Waals surface area contributed by atoms with Gasteiger partial charge in [-0.15, -0.1) is 23.5 Å². The molecule has 0 atom stereocenters. The molecule has 0 aliphatic heterocycles. The molecule has 2 aromatic carbocycles. The van der Waals surface area contributed by atoms with Crippen molar-refractivity contribution >= 4 is 23.5 Å². The Morgan fingerprint density at radius 2 is 0.923 bits per heavy atom. The Kier molecular flexibility index (Phi) is 11.0. The highest BCUT2D eigenvalue weighted by Crippen LogP contribution is 2.48. The van der Waals surface area contributed by atoms with Crippen LogP contribution in [0.5, 0.6) is 0 Å². The highest BCUT2D eigenvalue weighted by molar-refractivity contribution is 8.18. The van der Waals surface area contributed by atoms with Crippen LogP contribution in [0, 0.1) is 0 Å². The maximum atomic E-state index is 5.79. The van der Waals surface area contributed by atoms with Gasteiger partial charge in [0, 0.05) is 9.79 Å². The van der Waals surface area contributed by atoms with Crippen LogP contribution in [0.1, 0.15) is 144 Å². The Hall–Kier alpha value is -0.900. The second-order valence-corrected chi connectivity index (χ2v) is 19.6. The van der Waals surface area contributed by atoms with Gasteiger partial charge in [-0.2, -0.15) is 0 Å². The van der Waals surface area contributed by atoms with Crippen LogP contribution in [0.25, 0.3) is 0 Å². The Labute approximate surface area is 251 Å². The average Bonchev–Trinajstić information content (AvgIpc) is 2.73. The van der Waals surface area contributed by atoms with Crippen LogP contribution in [-0.2, 0) is 28.1 Å². The van der Waals surface area contributed by atoms with Crippen LogP contribution >= 0.6 is 23.5 Å². The summed E-state index contributed by atoms with van der Waals surface area (Å²) >= 11 is 4.02. The monoisotopic (exact) mass is 569 g/mol. The molecule has 0 saturated carbocycles. The van der Waals surface area contributed by atoms with Gasteiger partial charge in [0.2, 0.25) is 0 Å². The molecule has 0 radical (unpaired) electrons. The number of rotatable bonds is 9. The minimum Gasteiger partial charge on any atom is -0.330 e. The molecular formula is C36H59NS2. The van der Waals surface area contributed by atoms with E-state index in [-0.39, 0.29) is 25.7 Å². The Morgan fingerprint density at radius 1 is 0.513 bits per heavy atom. The van der Waals surface area contributed by atoms with Crippen molar-refractivity contribution in [3.63, 3.8) is 0 Å². The molecule has 0 aliphatic rings. The molecule has 39 heavy (non-hydrogen) atoms. The fraction of sp³-hybridized carbons (Fsp3) is 0.667. The summed E-state index contributed by atoms with van der Waals surface area (Å²) in [6, 6.07) is 12.3. The number of hydrogen-bond acceptors (Lipinski definition) is 3. The number of hydrogen-bond donors (Lipinski definition) is 1. The van der Waals surface area contributed by atoms with E-state index >= 15 is 0 Å². The van der Waals surface area contributed by atoms with E-state index in [1.54, 1.807) is 5.56 Å². The SMILES string of the molecule is CC(C)(Sc1cc(C(C)(C)C)cc(C(C)(C)C)c1)Sc1cc(C(C)(C)C)c(CCCCCN)c(C(C)(C)C)c1. The van der Waals surface area contributed by atoms with Gasteiger partial charge in [-0.3, -0.25) is 0 Å². The highest BCUT2D eigenvalue weighted by Gasteiger charge is 2.30. The van der Waals surface area contributed by atoms with E-state index in [4.69, 9.17) is 5.73 Å². The number of thioether (sulfide) groups is 2. The molecule has 0 unspecified atom stereocenters. The molecule has 2 aromatic rings. The lowest BCUT2D eigenvalue weighted by atomic mass is 9.75. The molecule has 0 bridgehead atoms. The molecule has 1 nitrogen and oxygen atoms in total. The van der Waals surface area contributed by atoms with E-state index in [0.29, 0.717) is 0 Å². The molecule has 0 saturated heterocycles. The normalized spacial score (nSPS) is 13.7. The van der Waals surface area contributed by atoms with Crippen molar-refractivity contribution in [3.05, 3.63) is 58.1 Å². The maximum Gasteiger partial charge on any atom is 0.0649 e. The van der Waals surface area contributed by atoms with Gasteiger partial charge < -0.3 is 5.73 Å². The van der Waals surface area contributed by atoms with E-state index in [2.05, 4.69) is 127 Å². The number of nitrogens with two attached hydrogens (primary N) is 1. The third-order valence-electron chi connectivity index (χ3n) is 7.34. The second-order valence-electron chi connectivity index (χ2n) is 15.9. The van der Waals surface area contributed by atoms with E-state index in [9.17, 15) is 0 Å². The average molecular weight is 570 g/mol. The second kappa shape index (κ2) is 12.5. The smallest absolute Gasteiger partial charge is 0.0649 e. The van der Waals surface area contributed by atoms with Crippen LogP contribution in [0.15, 0.2) is 40.1 Å². The first-order valence-corrected chi connectivity index (χ1v) is 16.6. The van der Waals surface area contributed by atoms with Crippen LogP contribution in [0.2, 0.25) is 0 Å². The van der Waals surface area contributed by atoms with Gasteiger partial charge >= 0.3 is 0 Å². The van der Waals surface area contributed by atoms with Crippen molar-refractivity contribution in [2.75, 3.05) is 6.54 Å². The van der Waals surface area contributed by atoms with Crippen LogP contribution in [-0.4, -0.2) is 10.6 Å². The molecule has 0 fully saturated rings. The Balaban J connectivity index is 2.53. The van der Waals surface area contributed by atoms with Crippen LogP contribution in [0.4, 0.5) is 0 Å². The fourth-order valence-corrected chi connectivity index (χ4v) is 7.65. The van der Waals surface area contributed by atoms with Gasteiger partial charge in [-0.25, -0.2) is 0 Å². The van der Waals surface area contributed by atoms with Crippen LogP contribution in [0.3, 0.4) is 0 Å². The summed E-state index contributed by atoms with van der Waals surface area (Å²) in [7, 11) is 0. The van der Waals surface area contributed by atoms with Crippen molar-refractivity contribution in [2.45, 2.75) is 158 Å². The molecule has 0 aliphatic carbocycles. The summed E-state index contributed by atoms with van der Waals surface area (Å²) in [5.74, 6) is 0. The summed E-state index contributed by atoms with van der Waals surface area (Å²) < 4.78 is -0.0153. The quantitative estimate of drug-likeness (QED) is 0.185. The lowest BCUT2D eigenvalue weighted by Crippen LogP contribution is -2.22. The molecule has 2 rings (SSSR count). The zero-order valence-corrected chi connectivity index (χ0v) is 29.4. The van der Waals surface area contributed by atoms with Crippen molar-refractivity contribution in [1.29, 1.82) is 0 Å². The van der Waals surface area contributed by atoms with Crippen LogP contribution < -0.4 is 5.73 Å². The first kappa shape index (κ1) is 34.3. The number of benzene rings is 2. The third kappa shape index (κ3) is 10.2. The zero-order chi connectivity index (χ0) is 30.0. The zero-order valence-electron chi connectivity index (χ0n) is 27.8. The summed E-state index contributed by atoms with van der Waals surface area (Å²) in [4.78, 5) is 2.75. The third-order valence-corrected chi connectivity index (χ3v) is 9.76. The lowest BCUT2D eigenvalue weighted by Gasteiger charge is -2.33. The van der Waals surface area contributed by atoms with E-state index < -0.39 is 0 Å². The summed E-state index contributed by atoms with van der Waals surface area (Å²) in [5, 5.41) is 0. The molecule has 0 amide bonds. The van der Waals surface area contributed by atoms with Gasteiger partial charge in [0.15, 0.2) is 0 Å². The predicted octanol–water partition coefficient (Wildman–Crippen LogP) is 11.2. The predicted molar refractivity (Wildman–Crippen MR) is 180 cm³/mol. The molecule has 0 aromatic heterocycles. The lowest BCUT2D eigenvalue weighted by molar-refractivity contribution is 0.545.